The summed E-state index contributed by atoms with van der Waals surface area (Å²) in [7, 11) is 0. The number of allylic oxidation sites excluding steroid dienone is 12. The zero-order chi connectivity index (χ0) is 42.9. The predicted octanol–water partition coefficient (Wildman–Crippen LogP) is 14.9. The summed E-state index contributed by atoms with van der Waals surface area (Å²) < 4.78 is 13.9. The molecule has 0 amide bonds. The third-order valence-corrected chi connectivity index (χ3v) is 14.9. The van der Waals surface area contributed by atoms with Crippen LogP contribution in [0.2, 0.25) is 0 Å². The van der Waals surface area contributed by atoms with Crippen LogP contribution in [0.15, 0.2) is 168 Å². The first-order valence-corrected chi connectivity index (χ1v) is 24.1. The van der Waals surface area contributed by atoms with Gasteiger partial charge in [0.2, 0.25) is 0 Å². The fraction of sp³-hybridized carbons (Fsp3) is 0.356. The van der Waals surface area contributed by atoms with Crippen LogP contribution in [-0.2, 0) is 22.3 Å². The van der Waals surface area contributed by atoms with Crippen molar-refractivity contribution < 1.29 is 9.47 Å². The van der Waals surface area contributed by atoms with Gasteiger partial charge in [-0.2, -0.15) is 0 Å². The lowest BCUT2D eigenvalue weighted by Gasteiger charge is -2.40. The number of aryl methyl sites for hydroxylation is 2. The molecule has 6 aliphatic carbocycles. The summed E-state index contributed by atoms with van der Waals surface area (Å²) in [6, 6.07) is 10.1. The fourth-order valence-electron chi connectivity index (χ4n) is 12.0. The highest BCUT2D eigenvalue weighted by Gasteiger charge is 2.42. The first kappa shape index (κ1) is 40.1. The van der Waals surface area contributed by atoms with Gasteiger partial charge in [-0.05, 0) is 145 Å². The number of benzene rings is 3. The van der Waals surface area contributed by atoms with Crippen molar-refractivity contribution in [3.05, 3.63) is 190 Å². The number of anilines is 2. The maximum absolute atomic E-state index is 7.01. The second-order valence-electron chi connectivity index (χ2n) is 19.4. The van der Waals surface area contributed by atoms with Crippen molar-refractivity contribution in [2.75, 3.05) is 9.80 Å². The molecule has 0 saturated heterocycles. The summed E-state index contributed by atoms with van der Waals surface area (Å²) in [5.41, 5.74) is 14.5. The van der Waals surface area contributed by atoms with Gasteiger partial charge in [-0.3, -0.25) is 0 Å². The van der Waals surface area contributed by atoms with Crippen LogP contribution in [-0.4, -0.2) is 18.2 Å². The fourth-order valence-corrected chi connectivity index (χ4v) is 12.0. The Labute approximate surface area is 375 Å². The number of fused-ring (bicyclic) bond motifs is 3. The van der Waals surface area contributed by atoms with E-state index < -0.39 is 0 Å². The Balaban J connectivity index is 1.17. The number of rotatable bonds is 10. The van der Waals surface area contributed by atoms with Crippen molar-refractivity contribution in [1.82, 2.24) is 0 Å². The van der Waals surface area contributed by atoms with Gasteiger partial charge in [0.25, 0.3) is 0 Å². The molecule has 0 radical (unpaired) electrons. The first-order chi connectivity index (χ1) is 30.8. The SMILES string of the molecule is C=C(C1=C(/C=C\C)C2C=CC=CC2O1)N(C1=CCCCC1)c1cc(C(C)C)c2c3c1ccc1c(C(C)C)cc(N(C4=CCCC=C4)C4CC=CC5=C4OC4C=CC=CC54)c(c13)CC2. The molecule has 4 nitrogen and oxygen atoms in total. The van der Waals surface area contributed by atoms with Gasteiger partial charge in [-0.1, -0.05) is 125 Å². The Morgan fingerprint density at radius 3 is 2.21 bits per heavy atom. The third-order valence-electron chi connectivity index (χ3n) is 14.9. The minimum absolute atomic E-state index is 0.0272. The van der Waals surface area contributed by atoms with E-state index in [1.54, 1.807) is 0 Å². The Bertz CT molecular complexity index is 2790. The van der Waals surface area contributed by atoms with Crippen molar-refractivity contribution in [2.45, 2.75) is 122 Å². The molecule has 5 atom stereocenters. The van der Waals surface area contributed by atoms with Gasteiger partial charge in [0.1, 0.15) is 23.7 Å². The van der Waals surface area contributed by atoms with E-state index in [4.69, 9.17) is 16.1 Å². The minimum Gasteiger partial charge on any atom is -0.487 e. The molecule has 8 aliphatic rings. The van der Waals surface area contributed by atoms with Gasteiger partial charge in [0, 0.05) is 45.4 Å². The summed E-state index contributed by atoms with van der Waals surface area (Å²) in [5, 5.41) is 5.56. The molecule has 3 aromatic carbocycles. The normalized spacial score (nSPS) is 25.3. The van der Waals surface area contributed by atoms with Gasteiger partial charge >= 0.3 is 0 Å². The third kappa shape index (κ3) is 6.53. The van der Waals surface area contributed by atoms with Crippen molar-refractivity contribution in [3.63, 3.8) is 0 Å². The van der Waals surface area contributed by atoms with E-state index in [2.05, 4.69) is 166 Å². The lowest BCUT2D eigenvalue weighted by atomic mass is 9.78. The van der Waals surface area contributed by atoms with Gasteiger partial charge in [-0.15, -0.1) is 0 Å². The Morgan fingerprint density at radius 1 is 0.730 bits per heavy atom. The molecular weight excluding hydrogens is 769 g/mol. The van der Waals surface area contributed by atoms with Gasteiger partial charge in [-0.25, -0.2) is 0 Å². The largest absolute Gasteiger partial charge is 0.487 e. The lowest BCUT2D eigenvalue weighted by Crippen LogP contribution is -2.38. The van der Waals surface area contributed by atoms with Crippen LogP contribution in [0.25, 0.3) is 21.5 Å². The van der Waals surface area contributed by atoms with Crippen molar-refractivity contribution >= 4 is 32.9 Å². The molecule has 0 fully saturated rings. The van der Waals surface area contributed by atoms with E-state index in [0.717, 1.165) is 62.2 Å². The van der Waals surface area contributed by atoms with E-state index in [1.165, 1.54) is 90.6 Å². The maximum Gasteiger partial charge on any atom is 0.147 e. The Hall–Kier alpha value is -5.74. The molecule has 11 rings (SSSR count). The zero-order valence-electron chi connectivity index (χ0n) is 37.9. The van der Waals surface area contributed by atoms with E-state index >= 15 is 0 Å². The molecule has 0 aromatic heterocycles. The highest BCUT2D eigenvalue weighted by Crippen LogP contribution is 2.52. The minimum atomic E-state index is -0.0272. The highest BCUT2D eigenvalue weighted by molar-refractivity contribution is 6.18. The molecule has 3 aromatic rings. The van der Waals surface area contributed by atoms with E-state index in [-0.39, 0.29) is 30.1 Å². The zero-order valence-corrected chi connectivity index (χ0v) is 37.9. The van der Waals surface area contributed by atoms with Gasteiger partial charge in [0.05, 0.1) is 17.4 Å². The van der Waals surface area contributed by atoms with Crippen molar-refractivity contribution in [3.8, 4) is 0 Å². The number of hydrogen-bond donors (Lipinski definition) is 0. The standard InChI is InChI=1S/C59H62N2O2/c1-7-19-45-41-24-14-16-28-54(41)62-58(45)38(6)60(39-20-10-8-11-21-39)52-34-49(36(2)3)43-31-33-48-53(35-50(37(4)5)44-30-32-47(52)56(43)57(44)48)61(40-22-12-9-13-23-40)51-27-18-26-46-42-25-15-17-29-55(42)63-59(46)51/h7,12,14-20,22-26,28-30,32,34-37,41-42,51,54-55H,6,8-11,13,21,27,31,33H2,1-5H3/b19-7-. The molecule has 2 heterocycles. The van der Waals surface area contributed by atoms with E-state index in [9.17, 15) is 0 Å². The molecule has 320 valence electrons. The Morgan fingerprint density at radius 2 is 1.46 bits per heavy atom. The number of ether oxygens (including phenoxy) is 2. The summed E-state index contributed by atoms with van der Waals surface area (Å²) in [4.78, 5) is 5.22. The van der Waals surface area contributed by atoms with E-state index in [0.29, 0.717) is 11.8 Å². The summed E-state index contributed by atoms with van der Waals surface area (Å²) in [5.74, 6) is 3.16. The molecule has 0 N–H and O–H groups in total. The average molecular weight is 831 g/mol. The molecule has 2 aliphatic heterocycles. The molecule has 5 unspecified atom stereocenters. The van der Waals surface area contributed by atoms with Crippen molar-refractivity contribution in [2.24, 2.45) is 11.8 Å². The van der Waals surface area contributed by atoms with Crippen LogP contribution in [0.3, 0.4) is 0 Å². The summed E-state index contributed by atoms with van der Waals surface area (Å²) in [6.45, 7) is 16.6. The molecule has 4 heteroatoms. The summed E-state index contributed by atoms with van der Waals surface area (Å²) in [6.07, 6.45) is 46.1. The monoisotopic (exact) mass is 830 g/mol. The van der Waals surface area contributed by atoms with Crippen LogP contribution in [0.1, 0.15) is 114 Å². The molecule has 63 heavy (non-hydrogen) atoms. The van der Waals surface area contributed by atoms with Crippen LogP contribution < -0.4 is 9.80 Å². The maximum atomic E-state index is 7.01. The van der Waals surface area contributed by atoms with Crippen LogP contribution >= 0.6 is 0 Å². The van der Waals surface area contributed by atoms with Gasteiger partial charge in [0.15, 0.2) is 0 Å². The van der Waals surface area contributed by atoms with Crippen molar-refractivity contribution in [1.29, 1.82) is 0 Å². The molecule has 0 spiro atoms. The van der Waals surface area contributed by atoms with Crippen LogP contribution in [0.5, 0.6) is 0 Å². The summed E-state index contributed by atoms with van der Waals surface area (Å²) >= 11 is 0. The molecular formula is C59H62N2O2. The quantitative estimate of drug-likeness (QED) is 0.190. The molecule has 0 saturated carbocycles. The second-order valence-corrected chi connectivity index (χ2v) is 19.4. The number of hydrogen-bond acceptors (Lipinski definition) is 4. The second kappa shape index (κ2) is 16.1. The first-order valence-electron chi connectivity index (χ1n) is 24.1. The predicted molar refractivity (Wildman–Crippen MR) is 264 cm³/mol. The molecule has 0 bridgehead atoms. The number of nitrogens with zero attached hydrogens (tertiary/aromatic N) is 2. The Kier molecular flexibility index (Phi) is 10.2. The topological polar surface area (TPSA) is 24.9 Å². The van der Waals surface area contributed by atoms with Gasteiger partial charge < -0.3 is 19.3 Å². The van der Waals surface area contributed by atoms with Crippen LogP contribution in [0.4, 0.5) is 11.4 Å². The average Bonchev–Trinajstić information content (AvgIpc) is 3.88. The lowest BCUT2D eigenvalue weighted by molar-refractivity contribution is 0.151. The smallest absolute Gasteiger partial charge is 0.147 e. The van der Waals surface area contributed by atoms with E-state index in [1.807, 2.05) is 0 Å². The highest BCUT2D eigenvalue weighted by atomic mass is 16.5. The van der Waals surface area contributed by atoms with Crippen LogP contribution in [0, 0.1) is 11.8 Å².